The summed E-state index contributed by atoms with van der Waals surface area (Å²) >= 11 is 8.29. The van der Waals surface area contributed by atoms with Gasteiger partial charge in [-0.25, -0.2) is 4.98 Å². The average molecular weight is 357 g/mol. The Labute approximate surface area is 137 Å². The molecule has 1 aliphatic rings. The first-order chi connectivity index (χ1) is 7.24. The molecule has 0 saturated heterocycles. The van der Waals surface area contributed by atoms with E-state index in [1.165, 1.54) is 21.9 Å². The maximum absolute atomic E-state index is 5.93. The zero-order chi connectivity index (χ0) is 10.4. The molecular formula is C11H11ClIN2Na. The molecule has 0 atom stereocenters. The Bertz CT molecular complexity index is 527. The largest absolute Gasteiger partial charge is 1.00 e. The monoisotopic (exact) mass is 356 g/mol. The third-order valence-electron chi connectivity index (χ3n) is 2.80. The molecule has 0 aromatic carbocycles. The Balaban J connectivity index is 0.000000722. The fraction of sp³-hybridized carbons (Fsp3) is 0.364. The van der Waals surface area contributed by atoms with Crippen LogP contribution in [0.2, 0.25) is 5.15 Å². The van der Waals surface area contributed by atoms with Gasteiger partial charge < -0.3 is 5.99 Å². The molecule has 80 valence electrons. The first kappa shape index (κ1) is 13.1. The van der Waals surface area contributed by atoms with Gasteiger partial charge in [0.1, 0.15) is 10.8 Å². The molecule has 1 saturated carbocycles. The van der Waals surface area contributed by atoms with E-state index in [9.17, 15) is 0 Å². The van der Waals surface area contributed by atoms with E-state index >= 15 is 0 Å². The van der Waals surface area contributed by atoms with Gasteiger partial charge in [0, 0.05) is 11.9 Å². The van der Waals surface area contributed by atoms with Crippen molar-refractivity contribution in [2.24, 2.45) is 5.92 Å². The zero-order valence-corrected chi connectivity index (χ0v) is 14.0. The summed E-state index contributed by atoms with van der Waals surface area (Å²) in [7, 11) is 0. The van der Waals surface area contributed by atoms with Gasteiger partial charge in [0.25, 0.3) is 0 Å². The van der Waals surface area contributed by atoms with Crippen LogP contribution in [-0.4, -0.2) is 9.55 Å². The fourth-order valence-electron chi connectivity index (χ4n) is 1.80. The van der Waals surface area contributed by atoms with E-state index in [-0.39, 0.29) is 31.0 Å². The van der Waals surface area contributed by atoms with Crippen LogP contribution in [0.3, 0.4) is 0 Å². The number of aromatic nitrogens is 2. The number of pyridine rings is 1. The maximum Gasteiger partial charge on any atom is 1.00 e. The van der Waals surface area contributed by atoms with E-state index in [1.807, 2.05) is 12.1 Å². The van der Waals surface area contributed by atoms with Crippen LogP contribution in [0.25, 0.3) is 11.0 Å². The molecule has 0 amide bonds. The van der Waals surface area contributed by atoms with Gasteiger partial charge in [0.2, 0.25) is 0 Å². The second-order valence-corrected chi connectivity index (χ2v) is 5.56. The SMILES string of the molecule is Clc1ccc2cc(I)n(CC3CC3)c2n1.[H-].[Na+]. The molecule has 0 aliphatic heterocycles. The second kappa shape index (κ2) is 5.14. The van der Waals surface area contributed by atoms with Gasteiger partial charge in [0.15, 0.2) is 0 Å². The molecular weight excluding hydrogens is 345 g/mol. The molecule has 2 heterocycles. The smallest absolute Gasteiger partial charge is 1.00 e. The van der Waals surface area contributed by atoms with E-state index in [0.717, 1.165) is 18.1 Å². The summed E-state index contributed by atoms with van der Waals surface area (Å²) in [6.07, 6.45) is 2.71. The maximum atomic E-state index is 5.93. The molecule has 1 aliphatic carbocycles. The minimum absolute atomic E-state index is 0. The van der Waals surface area contributed by atoms with E-state index in [0.29, 0.717) is 5.15 Å². The normalized spacial score (nSPS) is 15.1. The molecule has 0 spiro atoms. The molecule has 0 unspecified atom stereocenters. The van der Waals surface area contributed by atoms with E-state index < -0.39 is 0 Å². The van der Waals surface area contributed by atoms with Crippen molar-refractivity contribution in [2.75, 3.05) is 0 Å². The Kier molecular flexibility index (Phi) is 4.23. The Morgan fingerprint density at radius 3 is 2.94 bits per heavy atom. The quantitative estimate of drug-likeness (QED) is 0.443. The first-order valence-electron chi connectivity index (χ1n) is 5.05. The van der Waals surface area contributed by atoms with E-state index in [2.05, 4.69) is 38.2 Å². The number of fused-ring (bicyclic) bond motifs is 1. The van der Waals surface area contributed by atoms with Crippen molar-refractivity contribution in [3.63, 3.8) is 0 Å². The van der Waals surface area contributed by atoms with Crippen molar-refractivity contribution >= 4 is 45.2 Å². The summed E-state index contributed by atoms with van der Waals surface area (Å²) in [6, 6.07) is 6.05. The second-order valence-electron chi connectivity index (χ2n) is 4.07. The summed E-state index contributed by atoms with van der Waals surface area (Å²) in [5, 5.41) is 1.76. The predicted octanol–water partition coefficient (Wildman–Crippen LogP) is 0.821. The summed E-state index contributed by atoms with van der Waals surface area (Å²) in [6.45, 7) is 1.09. The predicted molar refractivity (Wildman–Crippen MR) is 71.3 cm³/mol. The van der Waals surface area contributed by atoms with Crippen molar-refractivity contribution < 1.29 is 31.0 Å². The van der Waals surface area contributed by atoms with Crippen LogP contribution in [-0.2, 0) is 6.54 Å². The van der Waals surface area contributed by atoms with Crippen LogP contribution in [0.5, 0.6) is 0 Å². The van der Waals surface area contributed by atoms with Gasteiger partial charge >= 0.3 is 29.6 Å². The molecule has 5 heteroatoms. The van der Waals surface area contributed by atoms with Gasteiger partial charge in [0.05, 0.1) is 3.70 Å². The van der Waals surface area contributed by atoms with E-state index in [4.69, 9.17) is 11.6 Å². The molecule has 2 nitrogen and oxygen atoms in total. The number of hydrogen-bond donors (Lipinski definition) is 0. The number of rotatable bonds is 2. The zero-order valence-electron chi connectivity index (χ0n) is 10.1. The molecule has 3 rings (SSSR count). The fourth-order valence-corrected chi connectivity index (χ4v) is 2.71. The number of halogens is 2. The summed E-state index contributed by atoms with van der Waals surface area (Å²) < 4.78 is 3.53. The molecule has 0 radical (unpaired) electrons. The van der Waals surface area contributed by atoms with Gasteiger partial charge in [-0.1, -0.05) is 11.6 Å². The van der Waals surface area contributed by atoms with Crippen LogP contribution in [0, 0.1) is 9.62 Å². The van der Waals surface area contributed by atoms with Gasteiger partial charge in [-0.15, -0.1) is 0 Å². The van der Waals surface area contributed by atoms with E-state index in [1.54, 1.807) is 0 Å². The molecule has 0 bridgehead atoms. The third kappa shape index (κ3) is 2.58. The van der Waals surface area contributed by atoms with Gasteiger partial charge in [-0.05, 0) is 59.5 Å². The van der Waals surface area contributed by atoms with Gasteiger partial charge in [-0.3, -0.25) is 0 Å². The van der Waals surface area contributed by atoms with Crippen LogP contribution in [0.4, 0.5) is 0 Å². The third-order valence-corrected chi connectivity index (χ3v) is 3.90. The Hall–Kier alpha value is 0.710. The topological polar surface area (TPSA) is 17.8 Å². The standard InChI is InChI=1S/C11H10ClIN2.Na.H/c12-9-4-3-8-5-10(13)15(11(8)14-9)6-7-1-2-7;;/h3-5,7H,1-2,6H2;;/q;+1;-1. The van der Waals surface area contributed by atoms with Crippen molar-refractivity contribution in [1.29, 1.82) is 0 Å². The summed E-state index contributed by atoms with van der Waals surface area (Å²) in [5.74, 6) is 0.856. The van der Waals surface area contributed by atoms with Crippen LogP contribution in [0.1, 0.15) is 14.3 Å². The first-order valence-corrected chi connectivity index (χ1v) is 6.51. The van der Waals surface area contributed by atoms with Crippen molar-refractivity contribution in [3.05, 3.63) is 27.1 Å². The number of nitrogens with zero attached hydrogens (tertiary/aromatic N) is 2. The van der Waals surface area contributed by atoms with Crippen molar-refractivity contribution in [1.82, 2.24) is 9.55 Å². The molecule has 2 aromatic rings. The van der Waals surface area contributed by atoms with Crippen LogP contribution < -0.4 is 29.6 Å². The van der Waals surface area contributed by atoms with Crippen molar-refractivity contribution in [2.45, 2.75) is 19.4 Å². The molecule has 2 aromatic heterocycles. The average Bonchev–Trinajstić information content (AvgIpc) is 2.96. The Morgan fingerprint density at radius 2 is 2.25 bits per heavy atom. The minimum atomic E-state index is 0. The summed E-state index contributed by atoms with van der Waals surface area (Å²) in [4.78, 5) is 4.40. The molecule has 0 N–H and O–H groups in total. The van der Waals surface area contributed by atoms with Gasteiger partial charge in [-0.2, -0.15) is 0 Å². The molecule has 16 heavy (non-hydrogen) atoms. The van der Waals surface area contributed by atoms with Crippen LogP contribution >= 0.6 is 34.2 Å². The van der Waals surface area contributed by atoms with Crippen LogP contribution in [0.15, 0.2) is 18.2 Å². The Morgan fingerprint density at radius 1 is 1.50 bits per heavy atom. The minimum Gasteiger partial charge on any atom is -1.00 e. The summed E-state index contributed by atoms with van der Waals surface area (Å²) in [5.41, 5.74) is 1.03. The number of hydrogen-bond acceptors (Lipinski definition) is 1. The van der Waals surface area contributed by atoms with Crippen molar-refractivity contribution in [3.8, 4) is 0 Å². The molecule has 1 fully saturated rings.